The number of halogens is 3. The minimum Gasteiger partial charge on any atom is -0.267 e. The number of benzene rings is 1. The first kappa shape index (κ1) is 13.8. The Labute approximate surface area is 121 Å². The summed E-state index contributed by atoms with van der Waals surface area (Å²) in [7, 11) is 0. The zero-order valence-electron chi connectivity index (χ0n) is 8.89. The van der Waals surface area contributed by atoms with E-state index in [1.165, 1.54) is 6.07 Å². The van der Waals surface area contributed by atoms with Crippen molar-refractivity contribution in [3.63, 3.8) is 0 Å². The summed E-state index contributed by atoms with van der Waals surface area (Å²) < 4.78 is 0. The van der Waals surface area contributed by atoms with Gasteiger partial charge in [0, 0.05) is 12.1 Å². The van der Waals surface area contributed by atoms with Crippen LogP contribution in [0.25, 0.3) is 0 Å². The second-order valence-corrected chi connectivity index (χ2v) is 4.63. The molecular formula is C10H3Cl3N2O4. The monoisotopic (exact) mass is 320 g/mol. The fourth-order valence-electron chi connectivity index (χ4n) is 1.49. The highest BCUT2D eigenvalue weighted by atomic mass is 35.5. The second-order valence-electron chi connectivity index (χ2n) is 3.47. The van der Waals surface area contributed by atoms with Gasteiger partial charge in [-0.05, 0) is 6.07 Å². The summed E-state index contributed by atoms with van der Waals surface area (Å²) in [5.74, 6) is -1.65. The summed E-state index contributed by atoms with van der Waals surface area (Å²) >= 11 is 17.0. The maximum atomic E-state index is 11.7. The number of hydrogen-bond donors (Lipinski definition) is 0. The third-order valence-corrected chi connectivity index (χ3v) is 3.46. The first-order valence-electron chi connectivity index (χ1n) is 4.72. The van der Waals surface area contributed by atoms with Crippen LogP contribution in [0.4, 0.5) is 11.4 Å². The van der Waals surface area contributed by atoms with Crippen LogP contribution < -0.4 is 4.90 Å². The molecule has 0 spiro atoms. The number of nitro benzene ring substituents is 1. The SMILES string of the molecule is O=C1C(Cl)=C(Cl)C(=O)N1c1ccc([N+](=O)[O-])cc1Cl. The number of anilines is 1. The summed E-state index contributed by atoms with van der Waals surface area (Å²) in [5, 5.41) is 9.60. The molecule has 0 bridgehead atoms. The van der Waals surface area contributed by atoms with Crippen molar-refractivity contribution in [1.29, 1.82) is 0 Å². The molecule has 0 N–H and O–H groups in total. The van der Waals surface area contributed by atoms with Crippen molar-refractivity contribution < 1.29 is 14.5 Å². The standard InChI is InChI=1S/C10H3Cl3N2O4/c11-5-3-4(15(18)19)1-2-6(5)14-9(16)7(12)8(13)10(14)17/h1-3H. The van der Waals surface area contributed by atoms with Gasteiger partial charge in [0.25, 0.3) is 17.5 Å². The van der Waals surface area contributed by atoms with Gasteiger partial charge in [-0.3, -0.25) is 19.7 Å². The zero-order chi connectivity index (χ0) is 14.3. The normalized spacial score (nSPS) is 15.4. The second kappa shape index (κ2) is 4.80. The minimum absolute atomic E-state index is 0.0175. The highest BCUT2D eigenvalue weighted by Gasteiger charge is 2.38. The van der Waals surface area contributed by atoms with Crippen LogP contribution in [-0.2, 0) is 9.59 Å². The van der Waals surface area contributed by atoms with Crippen LogP contribution in [0.5, 0.6) is 0 Å². The number of hydrogen-bond acceptors (Lipinski definition) is 4. The number of amides is 2. The maximum absolute atomic E-state index is 11.7. The lowest BCUT2D eigenvalue weighted by Crippen LogP contribution is -2.31. The number of nitrogens with zero attached hydrogens (tertiary/aromatic N) is 2. The largest absolute Gasteiger partial charge is 0.278 e. The van der Waals surface area contributed by atoms with Crippen LogP contribution in [-0.4, -0.2) is 16.7 Å². The Morgan fingerprint density at radius 3 is 2.00 bits per heavy atom. The Kier molecular flexibility index (Phi) is 3.49. The smallest absolute Gasteiger partial charge is 0.267 e. The molecule has 0 atom stereocenters. The summed E-state index contributed by atoms with van der Waals surface area (Å²) in [5.41, 5.74) is -0.283. The van der Waals surface area contributed by atoms with E-state index in [4.69, 9.17) is 34.8 Å². The van der Waals surface area contributed by atoms with E-state index < -0.39 is 26.8 Å². The highest BCUT2D eigenvalue weighted by Crippen LogP contribution is 2.36. The topological polar surface area (TPSA) is 80.5 Å². The van der Waals surface area contributed by atoms with Crippen molar-refractivity contribution in [1.82, 2.24) is 0 Å². The van der Waals surface area contributed by atoms with E-state index in [1.54, 1.807) is 0 Å². The lowest BCUT2D eigenvalue weighted by molar-refractivity contribution is -0.384. The first-order valence-corrected chi connectivity index (χ1v) is 5.86. The molecule has 0 aliphatic carbocycles. The molecule has 1 aromatic rings. The Hall–Kier alpha value is -1.63. The molecule has 19 heavy (non-hydrogen) atoms. The Morgan fingerprint density at radius 2 is 1.58 bits per heavy atom. The van der Waals surface area contributed by atoms with Gasteiger partial charge in [0.1, 0.15) is 10.1 Å². The number of carbonyl (C=O) groups is 2. The summed E-state index contributed by atoms with van der Waals surface area (Å²) in [4.78, 5) is 34.1. The quantitative estimate of drug-likeness (QED) is 0.476. The molecule has 9 heteroatoms. The summed E-state index contributed by atoms with van der Waals surface area (Å²) in [6.07, 6.45) is 0. The Bertz CT molecular complexity index is 632. The van der Waals surface area contributed by atoms with Gasteiger partial charge in [-0.1, -0.05) is 34.8 Å². The van der Waals surface area contributed by atoms with Gasteiger partial charge in [-0.2, -0.15) is 0 Å². The number of rotatable bonds is 2. The molecule has 0 saturated heterocycles. The third kappa shape index (κ3) is 2.18. The van der Waals surface area contributed by atoms with E-state index in [9.17, 15) is 19.7 Å². The molecule has 98 valence electrons. The van der Waals surface area contributed by atoms with E-state index >= 15 is 0 Å². The first-order chi connectivity index (χ1) is 8.84. The van der Waals surface area contributed by atoms with Gasteiger partial charge in [0.05, 0.1) is 15.6 Å². The van der Waals surface area contributed by atoms with Gasteiger partial charge < -0.3 is 0 Å². The maximum Gasteiger partial charge on any atom is 0.278 e. The average Bonchev–Trinajstić information content (AvgIpc) is 2.55. The molecule has 1 aliphatic heterocycles. The Balaban J connectivity index is 2.48. The lowest BCUT2D eigenvalue weighted by atomic mass is 10.2. The van der Waals surface area contributed by atoms with Crippen molar-refractivity contribution >= 4 is 58.0 Å². The molecule has 6 nitrogen and oxygen atoms in total. The average molecular weight is 322 g/mol. The molecule has 2 amide bonds. The van der Waals surface area contributed by atoms with E-state index in [1.807, 2.05) is 0 Å². The predicted molar refractivity (Wildman–Crippen MR) is 69.3 cm³/mol. The van der Waals surface area contributed by atoms with Crippen LogP contribution in [0.1, 0.15) is 0 Å². The molecule has 0 fully saturated rings. The zero-order valence-corrected chi connectivity index (χ0v) is 11.2. The minimum atomic E-state index is -0.826. The molecule has 1 aromatic carbocycles. The molecule has 1 aliphatic rings. The fourth-order valence-corrected chi connectivity index (χ4v) is 2.08. The number of non-ortho nitro benzene ring substituents is 1. The van der Waals surface area contributed by atoms with E-state index in [0.29, 0.717) is 4.90 Å². The van der Waals surface area contributed by atoms with Crippen LogP contribution in [0.3, 0.4) is 0 Å². The van der Waals surface area contributed by atoms with Crippen LogP contribution in [0.15, 0.2) is 28.3 Å². The van der Waals surface area contributed by atoms with Crippen LogP contribution in [0, 0.1) is 10.1 Å². The molecule has 2 rings (SSSR count). The van der Waals surface area contributed by atoms with E-state index in [0.717, 1.165) is 12.1 Å². The lowest BCUT2D eigenvalue weighted by Gasteiger charge is -2.15. The van der Waals surface area contributed by atoms with Crippen LogP contribution >= 0.6 is 34.8 Å². The van der Waals surface area contributed by atoms with Gasteiger partial charge >= 0.3 is 0 Å². The van der Waals surface area contributed by atoms with Crippen molar-refractivity contribution in [2.75, 3.05) is 4.90 Å². The van der Waals surface area contributed by atoms with Gasteiger partial charge in [0.2, 0.25) is 0 Å². The van der Waals surface area contributed by atoms with Crippen LogP contribution in [0.2, 0.25) is 5.02 Å². The molecular weight excluding hydrogens is 318 g/mol. The summed E-state index contributed by atoms with van der Waals surface area (Å²) in [6.45, 7) is 0. The molecule has 1 heterocycles. The number of carbonyl (C=O) groups excluding carboxylic acids is 2. The third-order valence-electron chi connectivity index (χ3n) is 2.36. The van der Waals surface area contributed by atoms with Gasteiger partial charge in [0.15, 0.2) is 0 Å². The predicted octanol–water partition coefficient (Wildman–Crippen LogP) is 2.81. The van der Waals surface area contributed by atoms with Crippen molar-refractivity contribution in [2.45, 2.75) is 0 Å². The number of imide groups is 1. The van der Waals surface area contributed by atoms with Crippen molar-refractivity contribution in [3.05, 3.63) is 43.4 Å². The molecule has 0 unspecified atom stereocenters. The Morgan fingerprint density at radius 1 is 1.05 bits per heavy atom. The number of nitro groups is 1. The highest BCUT2D eigenvalue weighted by molar-refractivity contribution is 6.62. The van der Waals surface area contributed by atoms with E-state index in [-0.39, 0.29) is 16.4 Å². The van der Waals surface area contributed by atoms with Gasteiger partial charge in [-0.25, -0.2) is 4.90 Å². The molecule has 0 saturated carbocycles. The van der Waals surface area contributed by atoms with Gasteiger partial charge in [-0.15, -0.1) is 0 Å². The molecule has 0 aromatic heterocycles. The van der Waals surface area contributed by atoms with E-state index in [2.05, 4.69) is 0 Å². The van der Waals surface area contributed by atoms with Crippen molar-refractivity contribution in [3.8, 4) is 0 Å². The summed E-state index contributed by atoms with van der Waals surface area (Å²) in [6, 6.07) is 3.31. The fraction of sp³-hybridized carbons (Fsp3) is 0. The van der Waals surface area contributed by atoms with Crippen molar-refractivity contribution in [2.24, 2.45) is 0 Å². The molecule has 0 radical (unpaired) electrons.